The summed E-state index contributed by atoms with van der Waals surface area (Å²) in [6.45, 7) is 0.280. The Morgan fingerprint density at radius 2 is 2.08 bits per heavy atom. The third-order valence-electron chi connectivity index (χ3n) is 4.19. The summed E-state index contributed by atoms with van der Waals surface area (Å²) >= 11 is 1.23. The van der Waals surface area contributed by atoms with Gasteiger partial charge in [0.25, 0.3) is 0 Å². The van der Waals surface area contributed by atoms with E-state index in [-0.39, 0.29) is 11.4 Å². The number of sulfonamides is 1. The molecule has 1 N–H and O–H groups in total. The molecule has 2 heterocycles. The molecular formula is C17H17N3O4S2. The number of amides is 1. The lowest BCUT2D eigenvalue weighted by Gasteiger charge is -2.23. The highest BCUT2D eigenvalue weighted by Crippen LogP contribution is 2.29. The fourth-order valence-electron chi connectivity index (χ4n) is 2.86. The van der Waals surface area contributed by atoms with Crippen molar-refractivity contribution in [2.75, 3.05) is 19.0 Å². The number of nitriles is 1. The number of methoxy groups -OCH3 is 1. The molecule has 1 amide bonds. The van der Waals surface area contributed by atoms with Crippen molar-refractivity contribution in [2.45, 2.75) is 23.8 Å². The van der Waals surface area contributed by atoms with Gasteiger partial charge >= 0.3 is 0 Å². The first-order chi connectivity index (χ1) is 12.5. The number of carbonyl (C=O) groups excluding carboxylic acids is 1. The van der Waals surface area contributed by atoms with Gasteiger partial charge in [0, 0.05) is 6.54 Å². The quantitative estimate of drug-likeness (QED) is 0.844. The molecular weight excluding hydrogens is 374 g/mol. The minimum atomic E-state index is -3.80. The molecule has 3 rings (SSSR count). The minimum absolute atomic E-state index is 0.117. The molecule has 0 bridgehead atoms. The molecule has 1 saturated heterocycles. The van der Waals surface area contributed by atoms with Crippen molar-refractivity contribution in [1.82, 2.24) is 4.31 Å². The fourth-order valence-corrected chi connectivity index (χ4v) is 5.26. The van der Waals surface area contributed by atoms with Crippen molar-refractivity contribution >= 4 is 32.3 Å². The van der Waals surface area contributed by atoms with Crippen LogP contribution in [0.1, 0.15) is 18.4 Å². The van der Waals surface area contributed by atoms with Crippen LogP contribution in [0.4, 0.5) is 5.00 Å². The lowest BCUT2D eigenvalue weighted by Crippen LogP contribution is -2.43. The number of carbonyl (C=O) groups is 1. The van der Waals surface area contributed by atoms with Crippen molar-refractivity contribution in [3.05, 3.63) is 41.3 Å². The summed E-state index contributed by atoms with van der Waals surface area (Å²) in [5.41, 5.74) is 0.367. The van der Waals surface area contributed by atoms with Crippen LogP contribution in [-0.2, 0) is 14.8 Å². The van der Waals surface area contributed by atoms with Crippen molar-refractivity contribution in [1.29, 1.82) is 5.26 Å². The topological polar surface area (TPSA) is 99.5 Å². The first-order valence-corrected chi connectivity index (χ1v) is 10.2. The van der Waals surface area contributed by atoms with Crippen LogP contribution in [0.25, 0.3) is 0 Å². The maximum absolute atomic E-state index is 12.9. The lowest BCUT2D eigenvalue weighted by atomic mass is 10.2. The molecule has 1 aliphatic rings. The fraction of sp³-hybridized carbons (Fsp3) is 0.294. The predicted octanol–water partition coefficient (Wildman–Crippen LogP) is 2.42. The number of thiophene rings is 1. The molecule has 9 heteroatoms. The minimum Gasteiger partial charge on any atom is -0.497 e. The van der Waals surface area contributed by atoms with E-state index in [9.17, 15) is 13.2 Å². The Balaban J connectivity index is 1.82. The van der Waals surface area contributed by atoms with Crippen molar-refractivity contribution in [3.8, 4) is 11.8 Å². The Labute approximate surface area is 155 Å². The van der Waals surface area contributed by atoms with E-state index in [4.69, 9.17) is 10.00 Å². The summed E-state index contributed by atoms with van der Waals surface area (Å²) in [6, 6.07) is 8.90. The smallest absolute Gasteiger partial charge is 0.243 e. The number of benzene rings is 1. The predicted molar refractivity (Wildman–Crippen MR) is 97.6 cm³/mol. The van der Waals surface area contributed by atoms with Gasteiger partial charge in [0.15, 0.2) is 0 Å². The third-order valence-corrected chi connectivity index (χ3v) is 6.95. The molecule has 26 heavy (non-hydrogen) atoms. The zero-order valence-corrected chi connectivity index (χ0v) is 15.6. The van der Waals surface area contributed by atoms with Crippen LogP contribution in [0.15, 0.2) is 40.6 Å². The monoisotopic (exact) mass is 391 g/mol. The van der Waals surface area contributed by atoms with Gasteiger partial charge in [-0.3, -0.25) is 4.79 Å². The first-order valence-electron chi connectivity index (χ1n) is 7.91. The van der Waals surface area contributed by atoms with Crippen LogP contribution in [0.5, 0.6) is 5.75 Å². The average Bonchev–Trinajstić information content (AvgIpc) is 3.31. The van der Waals surface area contributed by atoms with E-state index in [1.807, 2.05) is 6.07 Å². The Kier molecular flexibility index (Phi) is 5.27. The zero-order chi connectivity index (χ0) is 18.7. The second kappa shape index (κ2) is 7.45. The van der Waals surface area contributed by atoms with Crippen LogP contribution in [0, 0.1) is 11.3 Å². The number of ether oxygens (including phenoxy) is 1. The molecule has 1 aliphatic heterocycles. The SMILES string of the molecule is COc1ccc(S(=O)(=O)N2CCCC2C(=O)Nc2sccc2C#N)cc1. The second-order valence-corrected chi connectivity index (χ2v) is 8.52. The van der Waals surface area contributed by atoms with Gasteiger partial charge in [-0.15, -0.1) is 11.3 Å². The summed E-state index contributed by atoms with van der Waals surface area (Å²) in [5, 5.41) is 13.9. The molecule has 0 radical (unpaired) electrons. The molecule has 0 spiro atoms. The number of rotatable bonds is 5. The Morgan fingerprint density at radius 3 is 2.73 bits per heavy atom. The van der Waals surface area contributed by atoms with Crippen LogP contribution in [0.3, 0.4) is 0 Å². The number of nitrogens with zero attached hydrogens (tertiary/aromatic N) is 2. The van der Waals surface area contributed by atoms with Gasteiger partial charge < -0.3 is 10.1 Å². The number of nitrogens with one attached hydrogen (secondary N) is 1. The van der Waals surface area contributed by atoms with Gasteiger partial charge in [-0.2, -0.15) is 9.57 Å². The highest BCUT2D eigenvalue weighted by molar-refractivity contribution is 7.89. The van der Waals surface area contributed by atoms with E-state index in [1.165, 1.54) is 34.9 Å². The standard InChI is InChI=1S/C17H17N3O4S2/c1-24-13-4-6-14(7-5-13)26(22,23)20-9-2-3-15(20)16(21)19-17-12(11-18)8-10-25-17/h4-8,10,15H,2-3,9H2,1H3,(H,19,21). The first kappa shape index (κ1) is 18.4. The molecule has 1 aromatic heterocycles. The molecule has 1 unspecified atom stereocenters. The van der Waals surface area contributed by atoms with Crippen molar-refractivity contribution in [2.24, 2.45) is 0 Å². The summed E-state index contributed by atoms with van der Waals surface area (Å²) in [4.78, 5) is 12.7. The molecule has 1 fully saturated rings. The second-order valence-electron chi connectivity index (χ2n) is 5.71. The van der Waals surface area contributed by atoms with E-state index in [0.29, 0.717) is 29.2 Å². The number of hydrogen-bond donors (Lipinski definition) is 1. The Bertz CT molecular complexity index is 945. The molecule has 1 atom stereocenters. The molecule has 0 aliphatic carbocycles. The van der Waals surface area contributed by atoms with Crippen LogP contribution < -0.4 is 10.1 Å². The van der Waals surface area contributed by atoms with Gasteiger partial charge in [-0.05, 0) is 48.6 Å². The summed E-state index contributed by atoms with van der Waals surface area (Å²) in [7, 11) is -2.29. The van der Waals surface area contributed by atoms with Crippen molar-refractivity contribution in [3.63, 3.8) is 0 Å². The molecule has 7 nitrogen and oxygen atoms in total. The van der Waals surface area contributed by atoms with E-state index >= 15 is 0 Å². The third kappa shape index (κ3) is 3.44. The van der Waals surface area contributed by atoms with Crippen LogP contribution in [0.2, 0.25) is 0 Å². The zero-order valence-electron chi connectivity index (χ0n) is 14.0. The van der Waals surface area contributed by atoms with Gasteiger partial charge in [0.2, 0.25) is 15.9 Å². The summed E-state index contributed by atoms with van der Waals surface area (Å²) in [5.74, 6) is 0.139. The van der Waals surface area contributed by atoms with E-state index in [0.717, 1.165) is 0 Å². The normalized spacial score (nSPS) is 17.6. The van der Waals surface area contributed by atoms with Gasteiger partial charge in [-0.1, -0.05) is 0 Å². The molecule has 2 aromatic rings. The molecule has 1 aromatic carbocycles. The van der Waals surface area contributed by atoms with Crippen molar-refractivity contribution < 1.29 is 17.9 Å². The largest absolute Gasteiger partial charge is 0.497 e. The van der Waals surface area contributed by atoms with Gasteiger partial charge in [-0.25, -0.2) is 8.42 Å². The summed E-state index contributed by atoms with van der Waals surface area (Å²) in [6.07, 6.45) is 1.04. The number of anilines is 1. The van der Waals surface area contributed by atoms with E-state index in [1.54, 1.807) is 23.6 Å². The van der Waals surface area contributed by atoms with Gasteiger partial charge in [0.05, 0.1) is 17.6 Å². The maximum atomic E-state index is 12.9. The lowest BCUT2D eigenvalue weighted by molar-refractivity contribution is -0.119. The summed E-state index contributed by atoms with van der Waals surface area (Å²) < 4.78 is 32.1. The maximum Gasteiger partial charge on any atom is 0.243 e. The Hall–Kier alpha value is -2.41. The molecule has 136 valence electrons. The van der Waals surface area contributed by atoms with Gasteiger partial charge in [0.1, 0.15) is 22.9 Å². The highest BCUT2D eigenvalue weighted by atomic mass is 32.2. The molecule has 0 saturated carbocycles. The highest BCUT2D eigenvalue weighted by Gasteiger charge is 2.39. The van der Waals surface area contributed by atoms with E-state index in [2.05, 4.69) is 5.32 Å². The average molecular weight is 391 g/mol. The number of hydrogen-bond acceptors (Lipinski definition) is 6. The van der Waals surface area contributed by atoms with E-state index < -0.39 is 22.0 Å². The Morgan fingerprint density at radius 1 is 1.35 bits per heavy atom. The van der Waals surface area contributed by atoms with Crippen LogP contribution in [-0.4, -0.2) is 38.3 Å². The van der Waals surface area contributed by atoms with Crippen LogP contribution >= 0.6 is 11.3 Å².